The van der Waals surface area contributed by atoms with E-state index in [9.17, 15) is 8.78 Å². The summed E-state index contributed by atoms with van der Waals surface area (Å²) in [5.74, 6) is -0.976. The quantitative estimate of drug-likeness (QED) is 0.670. The van der Waals surface area contributed by atoms with Crippen LogP contribution in [-0.2, 0) is 6.61 Å². The van der Waals surface area contributed by atoms with E-state index in [0.717, 1.165) is 28.7 Å². The van der Waals surface area contributed by atoms with Crippen LogP contribution < -0.4 is 4.74 Å². The molecule has 0 amide bonds. The molecule has 0 fully saturated rings. The Morgan fingerprint density at radius 2 is 1.60 bits per heavy atom. The van der Waals surface area contributed by atoms with E-state index in [1.54, 1.807) is 0 Å². The highest BCUT2D eigenvalue weighted by molar-refractivity contribution is 5.88. The van der Waals surface area contributed by atoms with Gasteiger partial charge in [0.2, 0.25) is 0 Å². The van der Waals surface area contributed by atoms with Crippen molar-refractivity contribution in [3.8, 4) is 5.75 Å². The summed E-state index contributed by atoms with van der Waals surface area (Å²) >= 11 is 0. The summed E-state index contributed by atoms with van der Waals surface area (Å²) in [4.78, 5) is 0. The third-order valence-corrected chi connectivity index (χ3v) is 3.13. The van der Waals surface area contributed by atoms with Crippen molar-refractivity contribution in [1.29, 1.82) is 0 Å². The lowest BCUT2D eigenvalue weighted by Crippen LogP contribution is -1.97. The molecule has 0 spiro atoms. The van der Waals surface area contributed by atoms with E-state index >= 15 is 0 Å². The molecule has 3 aromatic rings. The molecule has 0 N–H and O–H groups in total. The lowest BCUT2D eigenvalue weighted by molar-refractivity contribution is 0.309. The van der Waals surface area contributed by atoms with E-state index in [2.05, 4.69) is 0 Å². The fraction of sp³-hybridized carbons (Fsp3) is 0.0588. The first-order valence-electron chi connectivity index (χ1n) is 6.28. The van der Waals surface area contributed by atoms with Gasteiger partial charge in [-0.15, -0.1) is 0 Å². The largest absolute Gasteiger partial charge is 0.488 e. The lowest BCUT2D eigenvalue weighted by atomic mass is 10.1. The van der Waals surface area contributed by atoms with Crippen molar-refractivity contribution >= 4 is 10.8 Å². The molecule has 1 nitrogen and oxygen atoms in total. The first-order chi connectivity index (χ1) is 9.74. The predicted octanol–water partition coefficient (Wildman–Crippen LogP) is 4.70. The molecule has 0 bridgehead atoms. The SMILES string of the molecule is Fc1ccc(COc2cccc3ccccc23)cc1F. The number of rotatable bonds is 3. The van der Waals surface area contributed by atoms with Crippen LogP contribution >= 0.6 is 0 Å². The number of halogens is 2. The van der Waals surface area contributed by atoms with Gasteiger partial charge in [0.05, 0.1) is 0 Å². The molecule has 3 rings (SSSR count). The zero-order chi connectivity index (χ0) is 13.9. The smallest absolute Gasteiger partial charge is 0.159 e. The van der Waals surface area contributed by atoms with E-state index < -0.39 is 11.6 Å². The number of hydrogen-bond donors (Lipinski definition) is 0. The van der Waals surface area contributed by atoms with E-state index in [-0.39, 0.29) is 6.61 Å². The van der Waals surface area contributed by atoms with Crippen LogP contribution in [0, 0.1) is 11.6 Å². The van der Waals surface area contributed by atoms with Crippen molar-refractivity contribution in [2.45, 2.75) is 6.61 Å². The second-order valence-corrected chi connectivity index (χ2v) is 4.51. The minimum absolute atomic E-state index is 0.200. The molecular weight excluding hydrogens is 258 g/mol. The van der Waals surface area contributed by atoms with Crippen molar-refractivity contribution in [2.75, 3.05) is 0 Å². The Balaban J connectivity index is 1.85. The van der Waals surface area contributed by atoms with E-state index in [1.807, 2.05) is 42.5 Å². The third kappa shape index (κ3) is 2.48. The number of hydrogen-bond acceptors (Lipinski definition) is 1. The molecule has 3 aromatic carbocycles. The fourth-order valence-electron chi connectivity index (χ4n) is 2.11. The summed E-state index contributed by atoms with van der Waals surface area (Å²) in [5.41, 5.74) is 0.594. The van der Waals surface area contributed by atoms with Crippen molar-refractivity contribution in [3.05, 3.63) is 77.9 Å². The van der Waals surface area contributed by atoms with Gasteiger partial charge in [0, 0.05) is 5.39 Å². The highest BCUT2D eigenvalue weighted by Gasteiger charge is 2.05. The highest BCUT2D eigenvalue weighted by atomic mass is 19.2. The third-order valence-electron chi connectivity index (χ3n) is 3.13. The molecule has 0 atom stereocenters. The van der Waals surface area contributed by atoms with Gasteiger partial charge in [0.1, 0.15) is 12.4 Å². The lowest BCUT2D eigenvalue weighted by Gasteiger charge is -2.09. The maximum atomic E-state index is 13.1. The van der Waals surface area contributed by atoms with Gasteiger partial charge >= 0.3 is 0 Å². The van der Waals surface area contributed by atoms with Crippen LogP contribution in [0.1, 0.15) is 5.56 Å². The Morgan fingerprint density at radius 3 is 2.45 bits per heavy atom. The zero-order valence-corrected chi connectivity index (χ0v) is 10.6. The second kappa shape index (κ2) is 5.29. The molecular formula is C17H12F2O. The standard InChI is InChI=1S/C17H12F2O/c18-15-9-8-12(10-16(15)19)11-20-17-7-3-5-13-4-1-2-6-14(13)17/h1-10H,11H2. The van der Waals surface area contributed by atoms with Gasteiger partial charge in [-0.1, -0.05) is 42.5 Å². The topological polar surface area (TPSA) is 9.23 Å². The highest BCUT2D eigenvalue weighted by Crippen LogP contribution is 2.26. The molecule has 20 heavy (non-hydrogen) atoms. The van der Waals surface area contributed by atoms with Crippen LogP contribution in [-0.4, -0.2) is 0 Å². The molecule has 0 unspecified atom stereocenters. The van der Waals surface area contributed by atoms with E-state index in [0.29, 0.717) is 5.56 Å². The number of ether oxygens (including phenoxy) is 1. The average Bonchev–Trinajstić information content (AvgIpc) is 2.48. The zero-order valence-electron chi connectivity index (χ0n) is 10.6. The normalized spacial score (nSPS) is 10.7. The minimum Gasteiger partial charge on any atom is -0.488 e. The van der Waals surface area contributed by atoms with Crippen molar-refractivity contribution < 1.29 is 13.5 Å². The molecule has 0 radical (unpaired) electrons. The Labute approximate surface area is 115 Å². The predicted molar refractivity (Wildman–Crippen MR) is 74.6 cm³/mol. The summed E-state index contributed by atoms with van der Waals surface area (Å²) in [6.45, 7) is 0.200. The van der Waals surface area contributed by atoms with Gasteiger partial charge in [-0.05, 0) is 29.1 Å². The van der Waals surface area contributed by atoms with Crippen LogP contribution in [0.5, 0.6) is 5.75 Å². The molecule has 0 heterocycles. The molecule has 0 saturated carbocycles. The van der Waals surface area contributed by atoms with E-state index in [1.165, 1.54) is 6.07 Å². The second-order valence-electron chi connectivity index (χ2n) is 4.51. The molecule has 100 valence electrons. The Bertz CT molecular complexity index is 748. The minimum atomic E-state index is -0.857. The molecule has 0 aliphatic rings. The summed E-state index contributed by atoms with van der Waals surface area (Å²) in [7, 11) is 0. The molecule has 0 saturated heterocycles. The maximum Gasteiger partial charge on any atom is 0.159 e. The van der Waals surface area contributed by atoms with Crippen LogP contribution in [0.4, 0.5) is 8.78 Å². The van der Waals surface area contributed by atoms with Gasteiger partial charge < -0.3 is 4.74 Å². The van der Waals surface area contributed by atoms with Crippen molar-refractivity contribution in [2.24, 2.45) is 0 Å². The summed E-state index contributed by atoms with van der Waals surface area (Å²) in [6, 6.07) is 17.4. The van der Waals surface area contributed by atoms with Gasteiger partial charge in [-0.2, -0.15) is 0 Å². The van der Waals surface area contributed by atoms with Crippen LogP contribution in [0.2, 0.25) is 0 Å². The van der Waals surface area contributed by atoms with Gasteiger partial charge in [-0.25, -0.2) is 8.78 Å². The first-order valence-corrected chi connectivity index (χ1v) is 6.28. The Morgan fingerprint density at radius 1 is 0.800 bits per heavy atom. The van der Waals surface area contributed by atoms with Crippen LogP contribution in [0.3, 0.4) is 0 Å². The van der Waals surface area contributed by atoms with E-state index in [4.69, 9.17) is 4.74 Å². The summed E-state index contributed by atoms with van der Waals surface area (Å²) < 4.78 is 31.7. The van der Waals surface area contributed by atoms with Gasteiger partial charge in [0.25, 0.3) is 0 Å². The van der Waals surface area contributed by atoms with Crippen LogP contribution in [0.15, 0.2) is 60.7 Å². The summed E-state index contributed by atoms with van der Waals surface area (Å²) in [6.07, 6.45) is 0. The van der Waals surface area contributed by atoms with Gasteiger partial charge in [-0.3, -0.25) is 0 Å². The molecule has 0 aromatic heterocycles. The molecule has 0 aliphatic carbocycles. The maximum absolute atomic E-state index is 13.1. The number of fused-ring (bicyclic) bond motifs is 1. The Kier molecular flexibility index (Phi) is 3.33. The van der Waals surface area contributed by atoms with Crippen molar-refractivity contribution in [1.82, 2.24) is 0 Å². The Hall–Kier alpha value is -2.42. The average molecular weight is 270 g/mol. The van der Waals surface area contributed by atoms with Gasteiger partial charge in [0.15, 0.2) is 11.6 Å². The molecule has 0 aliphatic heterocycles. The summed E-state index contributed by atoms with van der Waals surface area (Å²) in [5, 5.41) is 2.08. The van der Waals surface area contributed by atoms with Crippen molar-refractivity contribution in [3.63, 3.8) is 0 Å². The van der Waals surface area contributed by atoms with Crippen LogP contribution in [0.25, 0.3) is 10.8 Å². The molecule has 3 heteroatoms. The first kappa shape index (κ1) is 12.6. The number of benzene rings is 3. The fourth-order valence-corrected chi connectivity index (χ4v) is 2.11. The monoisotopic (exact) mass is 270 g/mol.